The number of aromatic nitrogens is 3. The van der Waals surface area contributed by atoms with E-state index in [9.17, 15) is 4.79 Å². The van der Waals surface area contributed by atoms with Gasteiger partial charge in [-0.3, -0.25) is 4.79 Å². The normalized spacial score (nSPS) is 10.9. The minimum absolute atomic E-state index is 0.0712. The van der Waals surface area contributed by atoms with E-state index < -0.39 is 0 Å². The zero-order chi connectivity index (χ0) is 17.1. The third kappa shape index (κ3) is 3.28. The summed E-state index contributed by atoms with van der Waals surface area (Å²) in [5.74, 6) is 0.291. The van der Waals surface area contributed by atoms with E-state index in [1.165, 1.54) is 0 Å². The molecule has 0 amide bonds. The minimum atomic E-state index is -0.354. The van der Waals surface area contributed by atoms with Gasteiger partial charge < -0.3 is 13.8 Å². The Balaban J connectivity index is 1.38. The topological polar surface area (TPSA) is 70.2 Å². The molecule has 0 atom stereocenters. The summed E-state index contributed by atoms with van der Waals surface area (Å²) in [5, 5.41) is 3.94. The van der Waals surface area contributed by atoms with Gasteiger partial charge in [0.05, 0.1) is 17.4 Å². The van der Waals surface area contributed by atoms with Crippen molar-refractivity contribution >= 4 is 17.0 Å². The fourth-order valence-electron chi connectivity index (χ4n) is 2.59. The van der Waals surface area contributed by atoms with Crippen LogP contribution in [0.1, 0.15) is 5.69 Å². The smallest absolute Gasteiger partial charge is 0.326 e. The number of rotatable bonds is 5. The molecule has 0 saturated heterocycles. The van der Waals surface area contributed by atoms with Gasteiger partial charge in [0.2, 0.25) is 0 Å². The highest BCUT2D eigenvalue weighted by Gasteiger charge is 2.11. The second kappa shape index (κ2) is 6.60. The summed E-state index contributed by atoms with van der Waals surface area (Å²) in [4.78, 5) is 16.3. The van der Waals surface area contributed by atoms with E-state index in [0.717, 1.165) is 16.6 Å². The van der Waals surface area contributed by atoms with E-state index in [0.29, 0.717) is 11.5 Å². The maximum Gasteiger partial charge on any atom is 0.326 e. The molecular formula is C19H15N3O3. The fraction of sp³-hybridized carbons (Fsp3) is 0.105. The lowest BCUT2D eigenvalue weighted by molar-refractivity contribution is -0.145. The molecule has 4 aromatic rings. The number of carbonyl (C=O) groups is 1. The van der Waals surface area contributed by atoms with Gasteiger partial charge >= 0.3 is 5.97 Å². The highest BCUT2D eigenvalue weighted by atomic mass is 16.5. The summed E-state index contributed by atoms with van der Waals surface area (Å²) in [5.41, 5.74) is 3.24. The summed E-state index contributed by atoms with van der Waals surface area (Å²) in [6, 6.07) is 19.1. The van der Waals surface area contributed by atoms with Gasteiger partial charge in [0, 0.05) is 11.6 Å². The third-order valence-corrected chi connectivity index (χ3v) is 3.83. The largest absolute Gasteiger partial charge is 0.458 e. The molecule has 25 heavy (non-hydrogen) atoms. The number of imidazole rings is 1. The summed E-state index contributed by atoms with van der Waals surface area (Å²) >= 11 is 0. The van der Waals surface area contributed by atoms with Gasteiger partial charge in [-0.1, -0.05) is 47.6 Å². The molecule has 0 spiro atoms. The number of hydrogen-bond acceptors (Lipinski definition) is 5. The van der Waals surface area contributed by atoms with Crippen LogP contribution >= 0.6 is 0 Å². The summed E-state index contributed by atoms with van der Waals surface area (Å²) < 4.78 is 12.3. The van der Waals surface area contributed by atoms with Crippen LogP contribution in [0, 0.1) is 0 Å². The first kappa shape index (κ1) is 15.1. The lowest BCUT2D eigenvalue weighted by Crippen LogP contribution is -2.12. The Labute approximate surface area is 143 Å². The maximum absolute atomic E-state index is 12.1. The number of fused-ring (bicyclic) bond motifs is 1. The first-order valence-corrected chi connectivity index (χ1v) is 7.86. The van der Waals surface area contributed by atoms with Gasteiger partial charge in [-0.05, 0) is 12.1 Å². The minimum Gasteiger partial charge on any atom is -0.458 e. The van der Waals surface area contributed by atoms with Crippen LogP contribution in [0.4, 0.5) is 0 Å². The molecule has 0 N–H and O–H groups in total. The van der Waals surface area contributed by atoms with Crippen LogP contribution < -0.4 is 0 Å². The molecule has 6 heteroatoms. The van der Waals surface area contributed by atoms with Crippen molar-refractivity contribution in [1.29, 1.82) is 0 Å². The number of esters is 1. The highest BCUT2D eigenvalue weighted by molar-refractivity contribution is 5.78. The van der Waals surface area contributed by atoms with Crippen molar-refractivity contribution in [3.05, 3.63) is 72.7 Å². The number of para-hydroxylation sites is 2. The van der Waals surface area contributed by atoms with E-state index in [1.807, 2.05) is 54.6 Å². The van der Waals surface area contributed by atoms with Crippen molar-refractivity contribution in [2.75, 3.05) is 0 Å². The van der Waals surface area contributed by atoms with Gasteiger partial charge in [-0.15, -0.1) is 0 Å². The number of nitrogens with zero attached hydrogens (tertiary/aromatic N) is 3. The second-order valence-electron chi connectivity index (χ2n) is 5.57. The molecule has 0 aliphatic heterocycles. The molecule has 0 bridgehead atoms. The monoisotopic (exact) mass is 333 g/mol. The van der Waals surface area contributed by atoms with Crippen molar-refractivity contribution < 1.29 is 14.1 Å². The standard InChI is InChI=1S/C19H15N3O3/c23-19(11-22-13-20-16-8-4-5-9-17(16)22)24-12-15-10-18(25-21-15)14-6-2-1-3-7-14/h1-10,13H,11-12H2. The Hall–Kier alpha value is -3.41. The summed E-state index contributed by atoms with van der Waals surface area (Å²) in [6.45, 7) is 0.172. The fourth-order valence-corrected chi connectivity index (χ4v) is 2.59. The van der Waals surface area contributed by atoms with Crippen LogP contribution in [0.2, 0.25) is 0 Å². The number of carbonyl (C=O) groups excluding carboxylic acids is 1. The van der Waals surface area contributed by atoms with Gasteiger partial charge in [-0.2, -0.15) is 0 Å². The molecule has 2 heterocycles. The molecule has 0 aliphatic carbocycles. The van der Waals surface area contributed by atoms with Crippen molar-refractivity contribution in [1.82, 2.24) is 14.7 Å². The van der Waals surface area contributed by atoms with E-state index in [-0.39, 0.29) is 19.1 Å². The van der Waals surface area contributed by atoms with Gasteiger partial charge in [-0.25, -0.2) is 4.98 Å². The van der Waals surface area contributed by atoms with Crippen LogP contribution in [-0.4, -0.2) is 20.7 Å². The van der Waals surface area contributed by atoms with Crippen molar-refractivity contribution in [2.45, 2.75) is 13.2 Å². The van der Waals surface area contributed by atoms with Crippen molar-refractivity contribution in [3.8, 4) is 11.3 Å². The molecule has 0 fully saturated rings. The number of ether oxygens (including phenoxy) is 1. The molecule has 2 aromatic heterocycles. The highest BCUT2D eigenvalue weighted by Crippen LogP contribution is 2.20. The molecule has 2 aromatic carbocycles. The predicted molar refractivity (Wildman–Crippen MR) is 91.5 cm³/mol. The average Bonchev–Trinajstić information content (AvgIpc) is 3.28. The van der Waals surface area contributed by atoms with Gasteiger partial charge in [0.1, 0.15) is 18.8 Å². The van der Waals surface area contributed by atoms with Crippen molar-refractivity contribution in [3.63, 3.8) is 0 Å². The van der Waals surface area contributed by atoms with E-state index in [2.05, 4.69) is 10.1 Å². The molecular weight excluding hydrogens is 318 g/mol. The maximum atomic E-state index is 12.1. The zero-order valence-corrected chi connectivity index (χ0v) is 13.3. The lowest BCUT2D eigenvalue weighted by atomic mass is 10.2. The molecule has 0 saturated carbocycles. The quantitative estimate of drug-likeness (QED) is 0.523. The molecule has 4 rings (SSSR count). The lowest BCUT2D eigenvalue weighted by Gasteiger charge is -2.04. The van der Waals surface area contributed by atoms with Crippen LogP contribution in [0.15, 0.2) is 71.5 Å². The van der Waals surface area contributed by atoms with Crippen LogP contribution in [0.3, 0.4) is 0 Å². The van der Waals surface area contributed by atoms with Gasteiger partial charge in [0.25, 0.3) is 0 Å². The Bertz CT molecular complexity index is 1000. The predicted octanol–water partition coefficient (Wildman–Crippen LogP) is 3.43. The summed E-state index contributed by atoms with van der Waals surface area (Å²) in [7, 11) is 0. The zero-order valence-electron chi connectivity index (χ0n) is 13.3. The van der Waals surface area contributed by atoms with Gasteiger partial charge in [0.15, 0.2) is 5.76 Å². The molecule has 6 nitrogen and oxygen atoms in total. The van der Waals surface area contributed by atoms with E-state index in [1.54, 1.807) is 17.0 Å². The van der Waals surface area contributed by atoms with E-state index in [4.69, 9.17) is 9.26 Å². The Morgan fingerprint density at radius 2 is 1.88 bits per heavy atom. The molecule has 124 valence electrons. The van der Waals surface area contributed by atoms with Crippen LogP contribution in [0.25, 0.3) is 22.4 Å². The van der Waals surface area contributed by atoms with E-state index >= 15 is 0 Å². The summed E-state index contributed by atoms with van der Waals surface area (Å²) in [6.07, 6.45) is 1.63. The molecule has 0 radical (unpaired) electrons. The van der Waals surface area contributed by atoms with Crippen LogP contribution in [-0.2, 0) is 22.7 Å². The number of hydrogen-bond donors (Lipinski definition) is 0. The molecule has 0 unspecified atom stereocenters. The Kier molecular flexibility index (Phi) is 4.00. The van der Waals surface area contributed by atoms with Crippen molar-refractivity contribution in [2.24, 2.45) is 0 Å². The Morgan fingerprint density at radius 1 is 1.08 bits per heavy atom. The first-order chi connectivity index (χ1) is 12.3. The number of benzene rings is 2. The molecule has 0 aliphatic rings. The first-order valence-electron chi connectivity index (χ1n) is 7.86. The second-order valence-corrected chi connectivity index (χ2v) is 5.57. The average molecular weight is 333 g/mol. The Morgan fingerprint density at radius 3 is 2.76 bits per heavy atom. The SMILES string of the molecule is O=C(Cn1cnc2ccccc21)OCc1cc(-c2ccccc2)on1. The van der Waals surface area contributed by atoms with Crippen LogP contribution in [0.5, 0.6) is 0 Å². The third-order valence-electron chi connectivity index (χ3n) is 3.83.